The zero-order chi connectivity index (χ0) is 20.0. The van der Waals surface area contributed by atoms with E-state index < -0.39 is 0 Å². The minimum Gasteiger partial charge on any atom is -0.379 e. The molecule has 168 valence electrons. The molecule has 29 heavy (non-hydrogen) atoms. The molecule has 2 heterocycles. The number of nitrogens with one attached hydrogen (secondary N) is 2. The number of hydrogen-bond acceptors (Lipinski definition) is 5. The molecule has 1 aromatic rings. The molecule has 0 spiro atoms. The van der Waals surface area contributed by atoms with Crippen molar-refractivity contribution in [2.24, 2.45) is 4.99 Å². The van der Waals surface area contributed by atoms with Crippen LogP contribution in [0.15, 0.2) is 11.3 Å². The van der Waals surface area contributed by atoms with Gasteiger partial charge in [0.25, 0.3) is 0 Å². The molecule has 2 N–H and O–H groups in total. The van der Waals surface area contributed by atoms with E-state index in [2.05, 4.69) is 51.1 Å². The van der Waals surface area contributed by atoms with Gasteiger partial charge in [0, 0.05) is 45.2 Å². The Morgan fingerprint density at radius 3 is 2.76 bits per heavy atom. The number of hydrogen-bond donors (Lipinski definition) is 2. The van der Waals surface area contributed by atoms with Gasteiger partial charge in [-0.2, -0.15) is 0 Å². The number of aryl methyl sites for hydroxylation is 1. The van der Waals surface area contributed by atoms with Gasteiger partial charge < -0.3 is 19.9 Å². The number of nitrogens with zero attached hydrogens (tertiary/aromatic N) is 5. The van der Waals surface area contributed by atoms with Crippen LogP contribution < -0.4 is 10.6 Å². The lowest BCUT2D eigenvalue weighted by atomic mass is 10.1. The second-order valence-electron chi connectivity index (χ2n) is 7.45. The van der Waals surface area contributed by atoms with E-state index in [1.165, 1.54) is 25.7 Å². The first kappa shape index (κ1) is 26.1. The maximum atomic E-state index is 5.42. The molecule has 1 aliphatic heterocycles. The van der Waals surface area contributed by atoms with Crippen LogP contribution in [-0.2, 0) is 17.7 Å². The monoisotopic (exact) mass is 521 g/mol. The fourth-order valence-corrected chi connectivity index (χ4v) is 3.32. The molecule has 9 heteroatoms. The van der Waals surface area contributed by atoms with Crippen molar-refractivity contribution in [1.82, 2.24) is 30.3 Å². The summed E-state index contributed by atoms with van der Waals surface area (Å²) in [5.41, 5.74) is 0. The van der Waals surface area contributed by atoms with Gasteiger partial charge in [-0.15, -0.1) is 34.2 Å². The molecule has 2 rings (SSSR count). The molecule has 1 unspecified atom stereocenters. The smallest absolute Gasteiger partial charge is 0.191 e. The predicted molar refractivity (Wildman–Crippen MR) is 129 cm³/mol. The molecule has 1 fully saturated rings. The SMILES string of the molecule is CCCCCC(C)NC(=NCCN1CCOCC1)NCCn1cnnc1CC.I. The van der Waals surface area contributed by atoms with Gasteiger partial charge in [-0.25, -0.2) is 0 Å². The molecule has 1 aliphatic rings. The Labute approximate surface area is 193 Å². The summed E-state index contributed by atoms with van der Waals surface area (Å²) in [6.45, 7) is 13.7. The summed E-state index contributed by atoms with van der Waals surface area (Å²) in [6.07, 6.45) is 7.67. The summed E-state index contributed by atoms with van der Waals surface area (Å²) in [5.74, 6) is 1.93. The third kappa shape index (κ3) is 10.6. The lowest BCUT2D eigenvalue weighted by molar-refractivity contribution is 0.0394. The van der Waals surface area contributed by atoms with Crippen LogP contribution in [-0.4, -0.2) is 77.6 Å². The van der Waals surface area contributed by atoms with Gasteiger partial charge in [0.1, 0.15) is 12.2 Å². The number of unbranched alkanes of at least 4 members (excludes halogenated alkanes) is 2. The van der Waals surface area contributed by atoms with Crippen molar-refractivity contribution in [2.75, 3.05) is 45.9 Å². The largest absolute Gasteiger partial charge is 0.379 e. The van der Waals surface area contributed by atoms with Gasteiger partial charge in [0.15, 0.2) is 5.96 Å². The van der Waals surface area contributed by atoms with E-state index >= 15 is 0 Å². The highest BCUT2D eigenvalue weighted by Crippen LogP contribution is 2.03. The zero-order valence-corrected chi connectivity index (χ0v) is 20.7. The average Bonchev–Trinajstić information content (AvgIpc) is 3.16. The van der Waals surface area contributed by atoms with Crippen LogP contribution in [0.3, 0.4) is 0 Å². The maximum Gasteiger partial charge on any atom is 0.191 e. The van der Waals surface area contributed by atoms with Gasteiger partial charge in [-0.3, -0.25) is 9.89 Å². The first-order valence-corrected chi connectivity index (χ1v) is 10.9. The van der Waals surface area contributed by atoms with Crippen LogP contribution in [0.2, 0.25) is 0 Å². The molecule has 1 atom stereocenters. The quantitative estimate of drug-likeness (QED) is 0.190. The lowest BCUT2D eigenvalue weighted by Crippen LogP contribution is -2.44. The number of rotatable bonds is 12. The number of aromatic nitrogens is 3. The van der Waals surface area contributed by atoms with Crippen LogP contribution >= 0.6 is 24.0 Å². The standard InChI is InChI=1S/C20H39N7O.HI/c1-4-6-7-8-18(3)24-20(21-9-11-26-13-15-28-16-14-26)22-10-12-27-17-23-25-19(27)5-2;/h17-18H,4-16H2,1-3H3,(H2,21,22,24);1H. The van der Waals surface area contributed by atoms with Crippen molar-refractivity contribution in [2.45, 2.75) is 65.5 Å². The van der Waals surface area contributed by atoms with Crippen molar-refractivity contribution in [3.8, 4) is 0 Å². The lowest BCUT2D eigenvalue weighted by Gasteiger charge is -2.26. The van der Waals surface area contributed by atoms with Crippen molar-refractivity contribution >= 4 is 29.9 Å². The maximum absolute atomic E-state index is 5.42. The van der Waals surface area contributed by atoms with E-state index in [9.17, 15) is 0 Å². The second-order valence-corrected chi connectivity index (χ2v) is 7.45. The number of ether oxygens (including phenoxy) is 1. The Morgan fingerprint density at radius 1 is 1.24 bits per heavy atom. The zero-order valence-electron chi connectivity index (χ0n) is 18.4. The van der Waals surface area contributed by atoms with E-state index in [1.54, 1.807) is 6.33 Å². The predicted octanol–water partition coefficient (Wildman–Crippen LogP) is 2.29. The van der Waals surface area contributed by atoms with E-state index in [0.717, 1.165) is 70.7 Å². The molecule has 0 radical (unpaired) electrons. The molecular weight excluding hydrogens is 481 g/mol. The average molecular weight is 521 g/mol. The summed E-state index contributed by atoms with van der Waals surface area (Å²) in [5, 5.41) is 15.2. The Balaban J connectivity index is 0.00000420. The number of halogens is 1. The molecule has 8 nitrogen and oxygen atoms in total. The molecule has 0 saturated carbocycles. The molecular formula is C20H40IN7O. The Bertz CT molecular complexity index is 561. The molecule has 0 aliphatic carbocycles. The van der Waals surface area contributed by atoms with Crippen LogP contribution in [0.25, 0.3) is 0 Å². The van der Waals surface area contributed by atoms with Gasteiger partial charge in [0.05, 0.1) is 19.8 Å². The van der Waals surface area contributed by atoms with Crippen LogP contribution in [0, 0.1) is 0 Å². The minimum absolute atomic E-state index is 0. The van der Waals surface area contributed by atoms with E-state index in [-0.39, 0.29) is 24.0 Å². The number of aliphatic imine (C=N–C) groups is 1. The minimum atomic E-state index is 0. The van der Waals surface area contributed by atoms with Gasteiger partial charge in [-0.05, 0) is 13.3 Å². The fraction of sp³-hybridized carbons (Fsp3) is 0.850. The van der Waals surface area contributed by atoms with E-state index in [0.29, 0.717) is 6.04 Å². The van der Waals surface area contributed by atoms with Crippen LogP contribution in [0.5, 0.6) is 0 Å². The molecule has 1 aromatic heterocycles. The highest BCUT2D eigenvalue weighted by molar-refractivity contribution is 14.0. The molecule has 0 amide bonds. The highest BCUT2D eigenvalue weighted by atomic mass is 127. The first-order chi connectivity index (χ1) is 13.7. The second kappa shape index (κ2) is 15.8. The third-order valence-electron chi connectivity index (χ3n) is 5.07. The Kier molecular flexibility index (Phi) is 14.3. The summed E-state index contributed by atoms with van der Waals surface area (Å²) >= 11 is 0. The Hall–Kier alpha value is -0.940. The van der Waals surface area contributed by atoms with Crippen molar-refractivity contribution in [3.05, 3.63) is 12.2 Å². The molecule has 1 saturated heterocycles. The molecule has 0 aromatic carbocycles. The van der Waals surface area contributed by atoms with Crippen molar-refractivity contribution < 1.29 is 4.74 Å². The van der Waals surface area contributed by atoms with Crippen molar-refractivity contribution in [1.29, 1.82) is 0 Å². The third-order valence-corrected chi connectivity index (χ3v) is 5.07. The van der Waals surface area contributed by atoms with Gasteiger partial charge >= 0.3 is 0 Å². The normalized spacial score (nSPS) is 16.3. The van der Waals surface area contributed by atoms with Crippen LogP contribution in [0.1, 0.15) is 52.3 Å². The van der Waals surface area contributed by atoms with Gasteiger partial charge in [0.2, 0.25) is 0 Å². The Morgan fingerprint density at radius 2 is 2.03 bits per heavy atom. The highest BCUT2D eigenvalue weighted by Gasteiger charge is 2.10. The summed E-state index contributed by atoms with van der Waals surface area (Å²) in [4.78, 5) is 7.24. The van der Waals surface area contributed by atoms with E-state index in [4.69, 9.17) is 9.73 Å². The van der Waals surface area contributed by atoms with Gasteiger partial charge in [-0.1, -0.05) is 33.1 Å². The molecule has 0 bridgehead atoms. The van der Waals surface area contributed by atoms with Crippen LogP contribution in [0.4, 0.5) is 0 Å². The number of morpholine rings is 1. The van der Waals surface area contributed by atoms with Crippen molar-refractivity contribution in [3.63, 3.8) is 0 Å². The summed E-state index contributed by atoms with van der Waals surface area (Å²) in [6, 6.07) is 0.419. The number of guanidine groups is 1. The summed E-state index contributed by atoms with van der Waals surface area (Å²) < 4.78 is 7.52. The fourth-order valence-electron chi connectivity index (χ4n) is 3.32. The topological polar surface area (TPSA) is 79.6 Å². The first-order valence-electron chi connectivity index (χ1n) is 10.9. The summed E-state index contributed by atoms with van der Waals surface area (Å²) in [7, 11) is 0. The van der Waals surface area contributed by atoms with E-state index in [1.807, 2.05) is 0 Å².